The van der Waals surface area contributed by atoms with E-state index < -0.39 is 0 Å². The Morgan fingerprint density at radius 2 is 2.31 bits per heavy atom. The van der Waals surface area contributed by atoms with E-state index in [1.807, 2.05) is 0 Å². The van der Waals surface area contributed by atoms with Crippen molar-refractivity contribution < 1.29 is 9.53 Å². The van der Waals surface area contributed by atoms with E-state index in [0.29, 0.717) is 19.6 Å². The van der Waals surface area contributed by atoms with Gasteiger partial charge in [0.1, 0.15) is 0 Å². The van der Waals surface area contributed by atoms with Crippen LogP contribution < -0.4 is 11.1 Å². The van der Waals surface area contributed by atoms with Crippen LogP contribution in [0.5, 0.6) is 0 Å². The van der Waals surface area contributed by atoms with Crippen LogP contribution in [0.15, 0.2) is 0 Å². The summed E-state index contributed by atoms with van der Waals surface area (Å²) in [6, 6.07) is 0.114. The molecule has 1 rings (SSSR count). The number of nitrogens with zero attached hydrogens (tertiary/aromatic N) is 1. The Bertz CT molecular complexity index is 243. The molecule has 16 heavy (non-hydrogen) atoms. The first-order valence-electron chi connectivity index (χ1n) is 5.77. The molecule has 94 valence electrons. The molecule has 0 aromatic carbocycles. The molecule has 1 atom stereocenters. The van der Waals surface area contributed by atoms with Gasteiger partial charge in [0.2, 0.25) is 5.91 Å². The van der Waals surface area contributed by atoms with Gasteiger partial charge in [-0.25, -0.2) is 0 Å². The number of carbonyl (C=O) groups is 1. The molecule has 0 radical (unpaired) electrons. The summed E-state index contributed by atoms with van der Waals surface area (Å²) in [4.78, 5) is 13.6. The minimum absolute atomic E-state index is 0.0414. The van der Waals surface area contributed by atoms with E-state index in [2.05, 4.69) is 24.1 Å². The molecule has 0 saturated carbocycles. The molecular weight excluding hydrogens is 206 g/mol. The molecule has 1 fully saturated rings. The number of nitrogens with two attached hydrogens (primary N) is 1. The third kappa shape index (κ3) is 3.73. The van der Waals surface area contributed by atoms with Crippen LogP contribution in [-0.4, -0.2) is 55.7 Å². The maximum Gasteiger partial charge on any atom is 0.221 e. The summed E-state index contributed by atoms with van der Waals surface area (Å²) in [5.74, 6) is 0.0414. The molecular formula is C11H23N3O2. The topological polar surface area (TPSA) is 67.6 Å². The SMILES string of the molecule is CNC(=O)CC(CN)N1CCOC(C)(C)C1. The van der Waals surface area contributed by atoms with Crippen molar-refractivity contribution in [1.29, 1.82) is 0 Å². The normalized spacial score (nSPS) is 22.8. The third-order valence-electron chi connectivity index (χ3n) is 2.94. The number of rotatable bonds is 4. The first kappa shape index (κ1) is 13.4. The molecule has 0 aromatic heterocycles. The van der Waals surface area contributed by atoms with Crippen LogP contribution in [0.3, 0.4) is 0 Å². The maximum atomic E-state index is 11.4. The van der Waals surface area contributed by atoms with Gasteiger partial charge in [0.05, 0.1) is 12.2 Å². The van der Waals surface area contributed by atoms with Gasteiger partial charge >= 0.3 is 0 Å². The lowest BCUT2D eigenvalue weighted by molar-refractivity contribution is -0.125. The highest BCUT2D eigenvalue weighted by Gasteiger charge is 2.31. The second-order valence-electron chi connectivity index (χ2n) is 4.85. The van der Waals surface area contributed by atoms with Gasteiger partial charge in [-0.05, 0) is 13.8 Å². The fourth-order valence-corrected chi connectivity index (χ4v) is 2.04. The van der Waals surface area contributed by atoms with Crippen molar-refractivity contribution in [2.45, 2.75) is 31.9 Å². The average Bonchev–Trinajstić information content (AvgIpc) is 2.24. The van der Waals surface area contributed by atoms with Crippen LogP contribution in [0.4, 0.5) is 0 Å². The van der Waals surface area contributed by atoms with Gasteiger partial charge in [-0.2, -0.15) is 0 Å². The average molecular weight is 229 g/mol. The minimum atomic E-state index is -0.144. The Kier molecular flexibility index (Phi) is 4.70. The lowest BCUT2D eigenvalue weighted by atomic mass is 10.0. The molecule has 3 N–H and O–H groups in total. The Balaban J connectivity index is 2.55. The number of ether oxygens (including phenoxy) is 1. The third-order valence-corrected chi connectivity index (χ3v) is 2.94. The van der Waals surface area contributed by atoms with E-state index in [1.165, 1.54) is 0 Å². The lowest BCUT2D eigenvalue weighted by Gasteiger charge is -2.41. The summed E-state index contributed by atoms with van der Waals surface area (Å²) < 4.78 is 5.64. The van der Waals surface area contributed by atoms with E-state index in [-0.39, 0.29) is 17.6 Å². The number of carbonyl (C=O) groups excluding carboxylic acids is 1. The van der Waals surface area contributed by atoms with Crippen LogP contribution in [-0.2, 0) is 9.53 Å². The zero-order chi connectivity index (χ0) is 12.2. The fraction of sp³-hybridized carbons (Fsp3) is 0.909. The van der Waals surface area contributed by atoms with Crippen LogP contribution >= 0.6 is 0 Å². The number of morpholine rings is 1. The van der Waals surface area contributed by atoms with Gasteiger partial charge in [0.25, 0.3) is 0 Å². The lowest BCUT2D eigenvalue weighted by Crippen LogP contribution is -2.54. The van der Waals surface area contributed by atoms with Gasteiger partial charge < -0.3 is 15.8 Å². The van der Waals surface area contributed by atoms with E-state index in [1.54, 1.807) is 7.05 Å². The van der Waals surface area contributed by atoms with Crippen LogP contribution in [0, 0.1) is 0 Å². The molecule has 0 bridgehead atoms. The predicted molar refractivity (Wildman–Crippen MR) is 63.1 cm³/mol. The highest BCUT2D eigenvalue weighted by atomic mass is 16.5. The Hall–Kier alpha value is -0.650. The maximum absolute atomic E-state index is 11.4. The van der Waals surface area contributed by atoms with Crippen molar-refractivity contribution in [2.75, 3.05) is 33.3 Å². The summed E-state index contributed by atoms with van der Waals surface area (Å²) in [5, 5.41) is 2.64. The van der Waals surface area contributed by atoms with Gasteiger partial charge in [0.15, 0.2) is 0 Å². The van der Waals surface area contributed by atoms with E-state index in [0.717, 1.165) is 13.1 Å². The molecule has 1 aliphatic heterocycles. The van der Waals surface area contributed by atoms with Crippen molar-refractivity contribution in [1.82, 2.24) is 10.2 Å². The second-order valence-corrected chi connectivity index (χ2v) is 4.85. The van der Waals surface area contributed by atoms with Crippen molar-refractivity contribution in [3.8, 4) is 0 Å². The predicted octanol–water partition coefficient (Wildman–Crippen LogP) is -0.439. The molecule has 1 saturated heterocycles. The van der Waals surface area contributed by atoms with Gasteiger partial charge in [0, 0.05) is 39.1 Å². The minimum Gasteiger partial charge on any atom is -0.373 e. The summed E-state index contributed by atoms with van der Waals surface area (Å²) >= 11 is 0. The quantitative estimate of drug-likeness (QED) is 0.686. The van der Waals surface area contributed by atoms with Crippen molar-refractivity contribution in [3.05, 3.63) is 0 Å². The Morgan fingerprint density at radius 1 is 1.62 bits per heavy atom. The molecule has 1 heterocycles. The van der Waals surface area contributed by atoms with E-state index in [4.69, 9.17) is 10.5 Å². The van der Waals surface area contributed by atoms with Crippen molar-refractivity contribution >= 4 is 5.91 Å². The molecule has 0 aromatic rings. The first-order valence-corrected chi connectivity index (χ1v) is 5.77. The summed E-state index contributed by atoms with van der Waals surface area (Å²) in [6.07, 6.45) is 0.461. The molecule has 5 heteroatoms. The van der Waals surface area contributed by atoms with Crippen molar-refractivity contribution in [3.63, 3.8) is 0 Å². The van der Waals surface area contributed by atoms with Gasteiger partial charge in [-0.3, -0.25) is 9.69 Å². The number of amides is 1. The van der Waals surface area contributed by atoms with Crippen LogP contribution in [0.1, 0.15) is 20.3 Å². The molecule has 0 spiro atoms. The number of nitrogens with one attached hydrogen (secondary N) is 1. The van der Waals surface area contributed by atoms with Gasteiger partial charge in [-0.15, -0.1) is 0 Å². The van der Waals surface area contributed by atoms with Gasteiger partial charge in [-0.1, -0.05) is 0 Å². The Labute approximate surface area is 97.3 Å². The highest BCUT2D eigenvalue weighted by Crippen LogP contribution is 2.19. The first-order chi connectivity index (χ1) is 7.48. The summed E-state index contributed by atoms with van der Waals surface area (Å²) in [6.45, 7) is 7.01. The van der Waals surface area contributed by atoms with Crippen LogP contribution in [0.25, 0.3) is 0 Å². The number of hydrogen-bond donors (Lipinski definition) is 2. The zero-order valence-electron chi connectivity index (χ0n) is 10.5. The van der Waals surface area contributed by atoms with E-state index in [9.17, 15) is 4.79 Å². The van der Waals surface area contributed by atoms with Crippen molar-refractivity contribution in [2.24, 2.45) is 5.73 Å². The second kappa shape index (κ2) is 5.61. The van der Waals surface area contributed by atoms with Crippen LogP contribution in [0.2, 0.25) is 0 Å². The van der Waals surface area contributed by atoms with E-state index >= 15 is 0 Å². The highest BCUT2D eigenvalue weighted by molar-refractivity contribution is 5.76. The number of hydrogen-bond acceptors (Lipinski definition) is 4. The standard InChI is InChI=1S/C11H23N3O2/c1-11(2)8-14(4-5-16-11)9(7-12)6-10(15)13-3/h9H,4-8,12H2,1-3H3,(H,13,15). The largest absolute Gasteiger partial charge is 0.373 e. The fourth-order valence-electron chi connectivity index (χ4n) is 2.04. The molecule has 1 amide bonds. The molecule has 1 unspecified atom stereocenters. The summed E-state index contributed by atoms with van der Waals surface area (Å²) in [5.41, 5.74) is 5.59. The molecule has 0 aliphatic carbocycles. The molecule has 5 nitrogen and oxygen atoms in total. The molecule has 1 aliphatic rings. The summed E-state index contributed by atoms with van der Waals surface area (Å²) in [7, 11) is 1.65. The zero-order valence-corrected chi connectivity index (χ0v) is 10.5. The smallest absolute Gasteiger partial charge is 0.221 e. The monoisotopic (exact) mass is 229 g/mol. The Morgan fingerprint density at radius 3 is 2.81 bits per heavy atom.